The van der Waals surface area contributed by atoms with Crippen molar-refractivity contribution in [1.82, 2.24) is 0 Å². The number of ether oxygens (including phenoxy) is 2. The number of nitrogens with zero attached hydrogens (tertiary/aromatic N) is 1. The maximum Gasteiger partial charge on any atom is 0.257 e. The van der Waals surface area contributed by atoms with Gasteiger partial charge in [0, 0.05) is 28.7 Å². The Morgan fingerprint density at radius 2 is 1.76 bits per heavy atom. The summed E-state index contributed by atoms with van der Waals surface area (Å²) in [7, 11) is 0. The topological polar surface area (TPSA) is 26.1 Å². The zero-order chi connectivity index (χ0) is 20.4. The van der Waals surface area contributed by atoms with Gasteiger partial charge in [-0.3, -0.25) is 4.90 Å². The lowest BCUT2D eigenvalue weighted by molar-refractivity contribution is -0.860. The summed E-state index contributed by atoms with van der Waals surface area (Å²) in [6.07, 6.45) is 9.89. The summed E-state index contributed by atoms with van der Waals surface area (Å²) in [6, 6.07) is 11.4. The third-order valence-corrected chi connectivity index (χ3v) is 5.49. The minimum atomic E-state index is -0.0629. The molecule has 29 heavy (non-hydrogen) atoms. The van der Waals surface area contributed by atoms with E-state index in [-0.39, 0.29) is 6.23 Å². The second kappa shape index (κ2) is 8.54. The highest BCUT2D eigenvalue weighted by atomic mass is 35.5. The number of nitrogens with one attached hydrogen (secondary N) is 1. The van der Waals surface area contributed by atoms with E-state index in [1.807, 2.05) is 60.7 Å². The van der Waals surface area contributed by atoms with E-state index in [0.29, 0.717) is 5.02 Å². The van der Waals surface area contributed by atoms with Crippen LogP contribution in [0.5, 0.6) is 11.5 Å². The van der Waals surface area contributed by atoms with Crippen LogP contribution >= 0.6 is 23.2 Å². The highest BCUT2D eigenvalue weighted by Crippen LogP contribution is 2.40. The number of halogens is 2. The molecule has 1 N–H and O–H groups in total. The highest BCUT2D eigenvalue weighted by molar-refractivity contribution is 6.31. The molecule has 0 saturated heterocycles. The Hall–Kier alpha value is -2.40. The first-order valence-corrected chi connectivity index (χ1v) is 10.5. The second-order valence-electron chi connectivity index (χ2n) is 6.79. The molecule has 0 aliphatic carbocycles. The van der Waals surface area contributed by atoms with E-state index in [4.69, 9.17) is 32.7 Å². The zero-order valence-corrected chi connectivity index (χ0v) is 17.9. The van der Waals surface area contributed by atoms with E-state index in [2.05, 4.69) is 24.8 Å². The van der Waals surface area contributed by atoms with Crippen LogP contribution in [0.4, 0.5) is 11.4 Å². The summed E-state index contributed by atoms with van der Waals surface area (Å²) in [4.78, 5) is 3.34. The molecule has 0 fully saturated rings. The molecular formula is C23H23Cl2N2O2+. The van der Waals surface area contributed by atoms with Crippen molar-refractivity contribution in [3.05, 3.63) is 82.7 Å². The van der Waals surface area contributed by atoms with E-state index < -0.39 is 0 Å². The maximum absolute atomic E-state index is 6.14. The van der Waals surface area contributed by atoms with Crippen LogP contribution in [0.25, 0.3) is 0 Å². The molecule has 0 radical (unpaired) electrons. The number of rotatable bonds is 5. The van der Waals surface area contributed by atoms with Gasteiger partial charge in [0.05, 0.1) is 12.2 Å². The lowest BCUT2D eigenvalue weighted by Crippen LogP contribution is -3.09. The monoisotopic (exact) mass is 429 g/mol. The molecule has 2 unspecified atom stereocenters. The Balaban J connectivity index is 1.44. The molecule has 2 aliphatic heterocycles. The van der Waals surface area contributed by atoms with Crippen molar-refractivity contribution in [3.63, 3.8) is 0 Å². The van der Waals surface area contributed by atoms with Gasteiger partial charge in [-0.05, 0) is 50.3 Å². The minimum Gasteiger partial charge on any atom is -0.439 e. The Labute approximate surface area is 181 Å². The predicted octanol–water partition coefficient (Wildman–Crippen LogP) is 5.12. The molecule has 0 amide bonds. The average molecular weight is 430 g/mol. The first-order valence-electron chi connectivity index (χ1n) is 9.73. The summed E-state index contributed by atoms with van der Waals surface area (Å²) < 4.78 is 12.0. The number of benzene rings is 2. The van der Waals surface area contributed by atoms with Crippen molar-refractivity contribution in [3.8, 4) is 11.5 Å². The van der Waals surface area contributed by atoms with Crippen LogP contribution in [0.1, 0.15) is 13.8 Å². The van der Waals surface area contributed by atoms with Crippen LogP contribution in [0.3, 0.4) is 0 Å². The molecule has 2 aromatic rings. The number of fused-ring (bicyclic) bond motifs is 2. The summed E-state index contributed by atoms with van der Waals surface area (Å²) in [5, 5.41) is 1.43. The number of likely N-dealkylation sites (N-methyl/N-ethyl adjacent to an activating group) is 1. The van der Waals surface area contributed by atoms with Gasteiger partial charge >= 0.3 is 0 Å². The molecular weight excluding hydrogens is 407 g/mol. The molecule has 0 aromatic heterocycles. The van der Waals surface area contributed by atoms with Gasteiger partial charge in [0.2, 0.25) is 5.88 Å². The number of allylic oxidation sites excluding steroid dienone is 4. The molecule has 150 valence electrons. The van der Waals surface area contributed by atoms with Crippen LogP contribution in [0, 0.1) is 0 Å². The number of anilines is 1. The van der Waals surface area contributed by atoms with Gasteiger partial charge in [-0.2, -0.15) is 0 Å². The SMILES string of the molecule is CCN1C(=CC=CC=CC2Oc3ccc(Cl)cc3[NH+]2CC)Oc2ccc(Cl)cc21. The number of hydrogen-bond donors (Lipinski definition) is 1. The average Bonchev–Trinajstić information content (AvgIpc) is 3.23. The summed E-state index contributed by atoms with van der Waals surface area (Å²) in [5.74, 6) is 2.50. The van der Waals surface area contributed by atoms with Crippen molar-refractivity contribution in [2.75, 3.05) is 18.0 Å². The molecule has 2 aliphatic rings. The van der Waals surface area contributed by atoms with Gasteiger partial charge in [0.15, 0.2) is 17.2 Å². The Morgan fingerprint density at radius 1 is 1.00 bits per heavy atom. The Bertz CT molecular complexity index is 1000. The van der Waals surface area contributed by atoms with Gasteiger partial charge in [-0.25, -0.2) is 0 Å². The van der Waals surface area contributed by atoms with Crippen LogP contribution in [-0.4, -0.2) is 19.3 Å². The van der Waals surface area contributed by atoms with E-state index in [1.54, 1.807) is 0 Å². The second-order valence-corrected chi connectivity index (χ2v) is 7.66. The quantitative estimate of drug-likeness (QED) is 0.667. The first kappa shape index (κ1) is 19.9. The lowest BCUT2D eigenvalue weighted by Gasteiger charge is -2.15. The van der Waals surface area contributed by atoms with Crippen LogP contribution in [0.2, 0.25) is 10.0 Å². The number of quaternary nitrogens is 1. The summed E-state index contributed by atoms with van der Waals surface area (Å²) >= 11 is 12.3. The molecule has 2 atom stereocenters. The largest absolute Gasteiger partial charge is 0.439 e. The first-order chi connectivity index (χ1) is 14.1. The van der Waals surface area contributed by atoms with Gasteiger partial charge in [0.1, 0.15) is 0 Å². The fourth-order valence-corrected chi connectivity index (χ4v) is 3.99. The fourth-order valence-electron chi connectivity index (χ4n) is 3.66. The van der Waals surface area contributed by atoms with Crippen molar-refractivity contribution in [2.45, 2.75) is 20.1 Å². The Morgan fingerprint density at radius 3 is 2.52 bits per heavy atom. The van der Waals surface area contributed by atoms with Gasteiger partial charge in [-0.1, -0.05) is 41.4 Å². The molecule has 0 bridgehead atoms. The van der Waals surface area contributed by atoms with Gasteiger partial charge < -0.3 is 14.4 Å². The molecule has 6 heteroatoms. The van der Waals surface area contributed by atoms with Crippen molar-refractivity contribution >= 4 is 34.6 Å². The van der Waals surface area contributed by atoms with Crippen LogP contribution in [-0.2, 0) is 0 Å². The van der Waals surface area contributed by atoms with Gasteiger partial charge in [0.25, 0.3) is 6.23 Å². The summed E-state index contributed by atoms with van der Waals surface area (Å²) in [5.41, 5.74) is 2.10. The maximum atomic E-state index is 6.14. The predicted molar refractivity (Wildman–Crippen MR) is 118 cm³/mol. The third-order valence-electron chi connectivity index (χ3n) is 5.02. The lowest BCUT2D eigenvalue weighted by atomic mass is 10.2. The Kier molecular flexibility index (Phi) is 5.86. The minimum absolute atomic E-state index is 0.0629. The van der Waals surface area contributed by atoms with Gasteiger partial charge in [-0.15, -0.1) is 0 Å². The zero-order valence-electron chi connectivity index (χ0n) is 16.4. The standard InChI is InChI=1S/C23H22Cl2N2O2/c1-3-26-18-14-16(24)10-12-20(18)28-22(26)8-6-5-7-9-23-27(4-2)19-15-17(25)11-13-21(19)29-23/h5-15,22H,3-4H2,1-2H3/p+1. The van der Waals surface area contributed by atoms with E-state index >= 15 is 0 Å². The molecule has 0 spiro atoms. The smallest absolute Gasteiger partial charge is 0.257 e. The fraction of sp³-hybridized carbons (Fsp3) is 0.217. The van der Waals surface area contributed by atoms with Crippen molar-refractivity contribution < 1.29 is 14.4 Å². The summed E-state index contributed by atoms with van der Waals surface area (Å²) in [6.45, 7) is 5.93. The highest BCUT2D eigenvalue weighted by Gasteiger charge is 2.33. The molecule has 4 rings (SSSR count). The molecule has 4 nitrogen and oxygen atoms in total. The molecule has 0 saturated carbocycles. The van der Waals surface area contributed by atoms with E-state index in [9.17, 15) is 0 Å². The number of hydrogen-bond acceptors (Lipinski definition) is 3. The van der Waals surface area contributed by atoms with Crippen molar-refractivity contribution in [1.29, 1.82) is 0 Å². The van der Waals surface area contributed by atoms with Crippen LogP contribution in [0.15, 0.2) is 72.7 Å². The van der Waals surface area contributed by atoms with Crippen LogP contribution < -0.4 is 19.3 Å². The van der Waals surface area contributed by atoms with Crippen molar-refractivity contribution in [2.24, 2.45) is 0 Å². The molecule has 2 aromatic carbocycles. The van der Waals surface area contributed by atoms with E-state index in [0.717, 1.165) is 46.9 Å². The molecule has 2 heterocycles. The normalized spacial score (nSPS) is 21.7. The third kappa shape index (κ3) is 4.01. The van der Waals surface area contributed by atoms with E-state index in [1.165, 1.54) is 4.90 Å².